The fraction of sp³-hybridized carbons (Fsp3) is 0.750. The highest BCUT2D eigenvalue weighted by Crippen LogP contribution is 2.06. The molecule has 1 atom stereocenters. The minimum absolute atomic E-state index is 0.160. The van der Waals surface area contributed by atoms with Gasteiger partial charge in [0.1, 0.15) is 0 Å². The summed E-state index contributed by atoms with van der Waals surface area (Å²) in [5.74, 6) is 0. The lowest BCUT2D eigenvalue weighted by atomic mass is 10.1. The summed E-state index contributed by atoms with van der Waals surface area (Å²) in [7, 11) is 0. The predicted molar refractivity (Wildman–Crippen MR) is 40.3 cm³/mol. The van der Waals surface area contributed by atoms with Crippen molar-refractivity contribution < 1.29 is 5.11 Å². The van der Waals surface area contributed by atoms with Crippen LogP contribution in [-0.4, -0.2) is 11.2 Å². The van der Waals surface area contributed by atoms with Crippen molar-refractivity contribution in [2.75, 3.05) is 0 Å². The quantitative estimate of drug-likeness (QED) is 0.575. The Morgan fingerprint density at radius 2 is 2.22 bits per heavy atom. The fourth-order valence-electron chi connectivity index (χ4n) is 0.838. The topological polar surface area (TPSA) is 20.2 Å². The molecule has 0 saturated carbocycles. The third kappa shape index (κ3) is 5.57. The molecule has 0 aliphatic heterocycles. The van der Waals surface area contributed by atoms with Crippen molar-refractivity contribution in [3.05, 3.63) is 12.2 Å². The Kier molecular flexibility index (Phi) is 4.41. The standard InChI is InChI=1S/C8H16O/c1-4-5-8(9)6-7(2)3/h8-9H,2,4-6H2,1,3H3. The maximum Gasteiger partial charge on any atom is 0.0577 e. The number of hydrogen-bond donors (Lipinski definition) is 1. The molecule has 0 aliphatic rings. The number of aliphatic hydroxyl groups excluding tert-OH is 1. The normalized spacial score (nSPS) is 13.2. The molecule has 1 heteroatoms. The van der Waals surface area contributed by atoms with E-state index in [1.807, 2.05) is 6.92 Å². The van der Waals surface area contributed by atoms with Crippen LogP contribution in [0.15, 0.2) is 12.2 Å². The van der Waals surface area contributed by atoms with Crippen LogP contribution < -0.4 is 0 Å². The van der Waals surface area contributed by atoms with Crippen LogP contribution in [0.25, 0.3) is 0 Å². The molecule has 0 bridgehead atoms. The molecule has 0 aromatic rings. The lowest BCUT2D eigenvalue weighted by Gasteiger charge is -2.06. The molecule has 0 amide bonds. The van der Waals surface area contributed by atoms with Gasteiger partial charge in [-0.2, -0.15) is 0 Å². The second-order valence-electron chi connectivity index (χ2n) is 2.60. The summed E-state index contributed by atoms with van der Waals surface area (Å²) in [6.07, 6.45) is 2.54. The molecule has 0 rings (SSSR count). The van der Waals surface area contributed by atoms with Crippen molar-refractivity contribution in [3.8, 4) is 0 Å². The fourth-order valence-corrected chi connectivity index (χ4v) is 0.838. The van der Waals surface area contributed by atoms with Gasteiger partial charge in [-0.25, -0.2) is 0 Å². The van der Waals surface area contributed by atoms with Crippen LogP contribution in [0.4, 0.5) is 0 Å². The number of rotatable bonds is 4. The molecule has 9 heavy (non-hydrogen) atoms. The molecule has 54 valence electrons. The lowest BCUT2D eigenvalue weighted by Crippen LogP contribution is -2.05. The van der Waals surface area contributed by atoms with Gasteiger partial charge in [0.25, 0.3) is 0 Å². The molecule has 1 unspecified atom stereocenters. The van der Waals surface area contributed by atoms with Crippen molar-refractivity contribution >= 4 is 0 Å². The van der Waals surface area contributed by atoms with Gasteiger partial charge >= 0.3 is 0 Å². The van der Waals surface area contributed by atoms with Crippen molar-refractivity contribution in [1.82, 2.24) is 0 Å². The highest BCUT2D eigenvalue weighted by molar-refractivity contribution is 4.90. The minimum Gasteiger partial charge on any atom is -0.393 e. The minimum atomic E-state index is -0.160. The predicted octanol–water partition coefficient (Wildman–Crippen LogP) is 2.11. The van der Waals surface area contributed by atoms with Gasteiger partial charge in [0.15, 0.2) is 0 Å². The summed E-state index contributed by atoms with van der Waals surface area (Å²) in [6, 6.07) is 0. The second kappa shape index (κ2) is 4.57. The highest BCUT2D eigenvalue weighted by Gasteiger charge is 2.00. The molecule has 0 aliphatic carbocycles. The van der Waals surface area contributed by atoms with Gasteiger partial charge in [-0.3, -0.25) is 0 Å². The summed E-state index contributed by atoms with van der Waals surface area (Å²) < 4.78 is 0. The third-order valence-corrected chi connectivity index (χ3v) is 1.21. The molecule has 0 spiro atoms. The van der Waals surface area contributed by atoms with Crippen LogP contribution in [0.5, 0.6) is 0 Å². The zero-order chi connectivity index (χ0) is 7.28. The van der Waals surface area contributed by atoms with E-state index in [0.717, 1.165) is 24.8 Å². The van der Waals surface area contributed by atoms with Gasteiger partial charge in [-0.15, -0.1) is 6.58 Å². The molecule has 0 fully saturated rings. The van der Waals surface area contributed by atoms with Crippen molar-refractivity contribution in [1.29, 1.82) is 0 Å². The van der Waals surface area contributed by atoms with Crippen LogP contribution >= 0.6 is 0 Å². The Morgan fingerprint density at radius 3 is 2.56 bits per heavy atom. The average molecular weight is 128 g/mol. The maximum atomic E-state index is 9.16. The van der Waals surface area contributed by atoms with E-state index in [1.165, 1.54) is 0 Å². The molecule has 1 N–H and O–H groups in total. The van der Waals surface area contributed by atoms with Crippen molar-refractivity contribution in [3.63, 3.8) is 0 Å². The molecular formula is C8H16O. The third-order valence-electron chi connectivity index (χ3n) is 1.21. The number of hydrogen-bond acceptors (Lipinski definition) is 1. The number of aliphatic hydroxyl groups is 1. The summed E-state index contributed by atoms with van der Waals surface area (Å²) >= 11 is 0. The summed E-state index contributed by atoms with van der Waals surface area (Å²) in [4.78, 5) is 0. The van der Waals surface area contributed by atoms with Crippen LogP contribution in [0.1, 0.15) is 33.1 Å². The first-order valence-electron chi connectivity index (χ1n) is 3.49. The van der Waals surface area contributed by atoms with Crippen molar-refractivity contribution in [2.24, 2.45) is 0 Å². The summed E-state index contributed by atoms with van der Waals surface area (Å²) in [5, 5.41) is 9.16. The van der Waals surface area contributed by atoms with Gasteiger partial charge in [0.2, 0.25) is 0 Å². The van der Waals surface area contributed by atoms with Gasteiger partial charge in [-0.05, 0) is 19.8 Å². The Labute approximate surface area is 57.4 Å². The van der Waals surface area contributed by atoms with E-state index in [9.17, 15) is 0 Å². The van der Waals surface area contributed by atoms with E-state index in [0.29, 0.717) is 0 Å². The largest absolute Gasteiger partial charge is 0.393 e. The highest BCUT2D eigenvalue weighted by atomic mass is 16.3. The van der Waals surface area contributed by atoms with E-state index >= 15 is 0 Å². The zero-order valence-electron chi connectivity index (χ0n) is 6.35. The molecule has 0 aromatic carbocycles. The molecule has 0 aromatic heterocycles. The molecule has 0 heterocycles. The smallest absolute Gasteiger partial charge is 0.0577 e. The molecule has 0 saturated heterocycles. The van der Waals surface area contributed by atoms with E-state index in [-0.39, 0.29) is 6.10 Å². The SMILES string of the molecule is C=C(C)CC(O)CCC. The van der Waals surface area contributed by atoms with E-state index < -0.39 is 0 Å². The Morgan fingerprint density at radius 1 is 1.67 bits per heavy atom. The Hall–Kier alpha value is -0.300. The Balaban J connectivity index is 3.26. The van der Waals surface area contributed by atoms with Crippen LogP contribution in [0.2, 0.25) is 0 Å². The second-order valence-corrected chi connectivity index (χ2v) is 2.60. The zero-order valence-corrected chi connectivity index (χ0v) is 6.35. The van der Waals surface area contributed by atoms with Gasteiger partial charge in [0.05, 0.1) is 6.10 Å². The first kappa shape index (κ1) is 8.70. The van der Waals surface area contributed by atoms with Crippen molar-refractivity contribution in [2.45, 2.75) is 39.2 Å². The molecular weight excluding hydrogens is 112 g/mol. The van der Waals surface area contributed by atoms with Crippen LogP contribution in [0.3, 0.4) is 0 Å². The van der Waals surface area contributed by atoms with Gasteiger partial charge in [0, 0.05) is 0 Å². The van der Waals surface area contributed by atoms with Gasteiger partial charge in [-0.1, -0.05) is 18.9 Å². The van der Waals surface area contributed by atoms with E-state index in [4.69, 9.17) is 5.11 Å². The van der Waals surface area contributed by atoms with Crippen LogP contribution in [-0.2, 0) is 0 Å². The summed E-state index contributed by atoms with van der Waals surface area (Å²) in [5.41, 5.74) is 1.07. The summed E-state index contributed by atoms with van der Waals surface area (Å²) in [6.45, 7) is 7.73. The Bertz CT molecular complexity index is 86.6. The van der Waals surface area contributed by atoms with E-state index in [2.05, 4.69) is 13.5 Å². The monoisotopic (exact) mass is 128 g/mol. The van der Waals surface area contributed by atoms with Gasteiger partial charge < -0.3 is 5.11 Å². The molecule has 1 nitrogen and oxygen atoms in total. The maximum absolute atomic E-state index is 9.16. The lowest BCUT2D eigenvalue weighted by molar-refractivity contribution is 0.164. The van der Waals surface area contributed by atoms with Crippen LogP contribution in [0, 0.1) is 0 Å². The van der Waals surface area contributed by atoms with E-state index in [1.54, 1.807) is 0 Å². The molecule has 0 radical (unpaired) electrons. The first-order valence-corrected chi connectivity index (χ1v) is 3.49. The average Bonchev–Trinajstić information content (AvgIpc) is 1.63. The first-order chi connectivity index (χ1) is 4.16.